The SMILES string of the molecule is CCCCCCOc1ccc(-c2ncc(-c3ccc(OCC(F)CC(C)C)cc3)cn2)cc1. The molecule has 176 valence electrons. The van der Waals surface area contributed by atoms with Crippen LogP contribution >= 0.6 is 0 Å². The van der Waals surface area contributed by atoms with Crippen molar-refractivity contribution >= 4 is 0 Å². The fourth-order valence-electron chi connectivity index (χ4n) is 3.56. The third-order valence-corrected chi connectivity index (χ3v) is 5.38. The van der Waals surface area contributed by atoms with Gasteiger partial charge >= 0.3 is 0 Å². The highest BCUT2D eigenvalue weighted by atomic mass is 19.1. The van der Waals surface area contributed by atoms with Gasteiger partial charge in [0.1, 0.15) is 24.3 Å². The molecule has 2 aromatic carbocycles. The number of halogens is 1. The summed E-state index contributed by atoms with van der Waals surface area (Å²) in [6.07, 6.45) is 7.97. The van der Waals surface area contributed by atoms with Gasteiger partial charge in [-0.15, -0.1) is 0 Å². The molecule has 0 radical (unpaired) electrons. The maximum absolute atomic E-state index is 13.8. The van der Waals surface area contributed by atoms with Gasteiger partial charge in [0.25, 0.3) is 0 Å². The topological polar surface area (TPSA) is 44.2 Å². The Morgan fingerprint density at radius 2 is 1.36 bits per heavy atom. The van der Waals surface area contributed by atoms with Gasteiger partial charge in [0.05, 0.1) is 6.61 Å². The highest BCUT2D eigenvalue weighted by molar-refractivity contribution is 5.64. The van der Waals surface area contributed by atoms with Crippen LogP contribution in [0.5, 0.6) is 11.5 Å². The lowest BCUT2D eigenvalue weighted by molar-refractivity contribution is 0.174. The molecule has 0 N–H and O–H groups in total. The van der Waals surface area contributed by atoms with E-state index in [0.29, 0.717) is 23.9 Å². The molecule has 0 bridgehead atoms. The molecule has 1 heterocycles. The van der Waals surface area contributed by atoms with Crippen LogP contribution < -0.4 is 9.47 Å². The molecule has 0 aliphatic heterocycles. The Labute approximate surface area is 197 Å². The van der Waals surface area contributed by atoms with E-state index < -0.39 is 6.17 Å². The Balaban J connectivity index is 1.53. The standard InChI is InChI=1S/C28H35FN2O2/c1-4-5-6-7-16-32-26-14-10-23(11-15-26)28-30-18-24(19-31-28)22-8-12-27(13-9-22)33-20-25(29)17-21(2)3/h8-15,18-19,21,25H,4-7,16-17,20H2,1-3H3. The summed E-state index contributed by atoms with van der Waals surface area (Å²) >= 11 is 0. The third-order valence-electron chi connectivity index (χ3n) is 5.38. The van der Waals surface area contributed by atoms with Crippen LogP contribution in [0.25, 0.3) is 22.5 Å². The molecule has 0 saturated heterocycles. The summed E-state index contributed by atoms with van der Waals surface area (Å²) < 4.78 is 25.2. The van der Waals surface area contributed by atoms with E-state index in [2.05, 4.69) is 16.9 Å². The van der Waals surface area contributed by atoms with E-state index in [0.717, 1.165) is 35.5 Å². The molecule has 3 aromatic rings. The van der Waals surface area contributed by atoms with Crippen molar-refractivity contribution in [2.24, 2.45) is 5.92 Å². The third kappa shape index (κ3) is 8.16. The second-order valence-electron chi connectivity index (χ2n) is 8.79. The maximum atomic E-state index is 13.8. The van der Waals surface area contributed by atoms with Gasteiger partial charge in [0.15, 0.2) is 5.82 Å². The maximum Gasteiger partial charge on any atom is 0.159 e. The second kappa shape index (κ2) is 12.9. The van der Waals surface area contributed by atoms with Crippen molar-refractivity contribution in [3.8, 4) is 34.0 Å². The predicted octanol–water partition coefficient (Wildman–Crippen LogP) is 7.53. The van der Waals surface area contributed by atoms with Crippen molar-refractivity contribution in [1.29, 1.82) is 0 Å². The molecule has 0 amide bonds. The number of aromatic nitrogens is 2. The Hall–Kier alpha value is -2.95. The first kappa shape index (κ1) is 24.7. The van der Waals surface area contributed by atoms with Gasteiger partial charge in [0, 0.05) is 23.5 Å². The van der Waals surface area contributed by atoms with Crippen molar-refractivity contribution in [2.45, 2.75) is 59.0 Å². The molecular formula is C28H35FN2O2. The largest absolute Gasteiger partial charge is 0.494 e. The van der Waals surface area contributed by atoms with E-state index in [1.165, 1.54) is 19.3 Å². The van der Waals surface area contributed by atoms with Crippen LogP contribution in [-0.2, 0) is 0 Å². The lowest BCUT2D eigenvalue weighted by Crippen LogP contribution is -2.15. The first-order valence-corrected chi connectivity index (χ1v) is 12.0. The monoisotopic (exact) mass is 450 g/mol. The van der Waals surface area contributed by atoms with Gasteiger partial charge in [-0.3, -0.25) is 0 Å². The Bertz CT molecular complexity index is 941. The molecule has 0 aliphatic rings. The first-order valence-electron chi connectivity index (χ1n) is 12.0. The smallest absolute Gasteiger partial charge is 0.159 e. The predicted molar refractivity (Wildman–Crippen MR) is 132 cm³/mol. The molecule has 1 atom stereocenters. The summed E-state index contributed by atoms with van der Waals surface area (Å²) in [5.41, 5.74) is 2.85. The number of unbranched alkanes of at least 4 members (excludes halogenated alkanes) is 3. The summed E-state index contributed by atoms with van der Waals surface area (Å²) in [6.45, 7) is 7.06. The summed E-state index contributed by atoms with van der Waals surface area (Å²) in [6, 6.07) is 15.5. The van der Waals surface area contributed by atoms with Gasteiger partial charge in [0.2, 0.25) is 0 Å². The molecule has 5 heteroatoms. The average Bonchev–Trinajstić information content (AvgIpc) is 2.83. The Kier molecular flexibility index (Phi) is 9.67. The van der Waals surface area contributed by atoms with Crippen molar-refractivity contribution in [3.63, 3.8) is 0 Å². The van der Waals surface area contributed by atoms with Crippen molar-refractivity contribution in [1.82, 2.24) is 9.97 Å². The van der Waals surface area contributed by atoms with E-state index in [1.807, 2.05) is 74.8 Å². The number of nitrogens with zero attached hydrogens (tertiary/aromatic N) is 2. The van der Waals surface area contributed by atoms with Crippen LogP contribution in [0.3, 0.4) is 0 Å². The first-order chi connectivity index (χ1) is 16.0. The minimum absolute atomic E-state index is 0.0814. The van der Waals surface area contributed by atoms with Crippen molar-refractivity contribution in [2.75, 3.05) is 13.2 Å². The molecule has 0 fully saturated rings. The highest BCUT2D eigenvalue weighted by Gasteiger charge is 2.10. The van der Waals surface area contributed by atoms with Crippen LogP contribution in [0, 0.1) is 5.92 Å². The number of ether oxygens (including phenoxy) is 2. The fourth-order valence-corrected chi connectivity index (χ4v) is 3.56. The number of benzene rings is 2. The lowest BCUT2D eigenvalue weighted by atomic mass is 10.1. The van der Waals surface area contributed by atoms with Crippen LogP contribution in [0.2, 0.25) is 0 Å². The minimum Gasteiger partial charge on any atom is -0.494 e. The number of hydrogen-bond donors (Lipinski definition) is 0. The molecule has 0 spiro atoms. The zero-order valence-electron chi connectivity index (χ0n) is 20.0. The molecule has 4 nitrogen and oxygen atoms in total. The quantitative estimate of drug-likeness (QED) is 0.252. The summed E-state index contributed by atoms with van der Waals surface area (Å²) in [7, 11) is 0. The Morgan fingerprint density at radius 1 is 0.758 bits per heavy atom. The normalized spacial score (nSPS) is 12.0. The van der Waals surface area contributed by atoms with Gasteiger partial charge in [-0.05, 0) is 60.7 Å². The molecule has 1 unspecified atom stereocenters. The molecule has 3 rings (SSSR count). The van der Waals surface area contributed by atoms with Gasteiger partial charge < -0.3 is 9.47 Å². The van der Waals surface area contributed by atoms with Gasteiger partial charge in [-0.2, -0.15) is 0 Å². The fraction of sp³-hybridized carbons (Fsp3) is 0.429. The number of hydrogen-bond acceptors (Lipinski definition) is 4. The number of rotatable bonds is 13. The van der Waals surface area contributed by atoms with Crippen molar-refractivity contribution < 1.29 is 13.9 Å². The van der Waals surface area contributed by atoms with Crippen LogP contribution in [0.1, 0.15) is 52.9 Å². The van der Waals surface area contributed by atoms with Crippen LogP contribution in [0.15, 0.2) is 60.9 Å². The lowest BCUT2D eigenvalue weighted by Gasteiger charge is -2.12. The highest BCUT2D eigenvalue weighted by Crippen LogP contribution is 2.24. The van der Waals surface area contributed by atoms with E-state index in [-0.39, 0.29) is 6.61 Å². The molecule has 1 aromatic heterocycles. The van der Waals surface area contributed by atoms with E-state index in [9.17, 15) is 4.39 Å². The molecule has 33 heavy (non-hydrogen) atoms. The number of alkyl halides is 1. The van der Waals surface area contributed by atoms with Gasteiger partial charge in [-0.25, -0.2) is 14.4 Å². The van der Waals surface area contributed by atoms with Crippen LogP contribution in [0.4, 0.5) is 4.39 Å². The molecule has 0 saturated carbocycles. The Morgan fingerprint density at radius 3 is 1.97 bits per heavy atom. The molecule has 0 aliphatic carbocycles. The van der Waals surface area contributed by atoms with E-state index >= 15 is 0 Å². The minimum atomic E-state index is -0.947. The summed E-state index contributed by atoms with van der Waals surface area (Å²) in [5.74, 6) is 2.53. The van der Waals surface area contributed by atoms with Crippen molar-refractivity contribution in [3.05, 3.63) is 60.9 Å². The van der Waals surface area contributed by atoms with Gasteiger partial charge in [-0.1, -0.05) is 52.2 Å². The molecular weight excluding hydrogens is 415 g/mol. The van der Waals surface area contributed by atoms with E-state index in [4.69, 9.17) is 9.47 Å². The van der Waals surface area contributed by atoms with Crippen LogP contribution in [-0.4, -0.2) is 29.4 Å². The summed E-state index contributed by atoms with van der Waals surface area (Å²) in [4.78, 5) is 9.06. The summed E-state index contributed by atoms with van der Waals surface area (Å²) in [5, 5.41) is 0. The zero-order valence-corrected chi connectivity index (χ0v) is 20.0. The second-order valence-corrected chi connectivity index (χ2v) is 8.79. The zero-order chi connectivity index (χ0) is 23.5. The van der Waals surface area contributed by atoms with E-state index in [1.54, 1.807) is 0 Å². The average molecular weight is 451 g/mol.